The van der Waals surface area contributed by atoms with E-state index in [-0.39, 0.29) is 17.1 Å². The zero-order valence-electron chi connectivity index (χ0n) is 16.5. The van der Waals surface area contributed by atoms with E-state index < -0.39 is 0 Å². The molecule has 29 heavy (non-hydrogen) atoms. The molecule has 0 spiro atoms. The van der Waals surface area contributed by atoms with E-state index in [4.69, 9.17) is 0 Å². The first-order valence-electron chi connectivity index (χ1n) is 9.20. The molecule has 0 bridgehead atoms. The molecule has 1 aromatic carbocycles. The van der Waals surface area contributed by atoms with Gasteiger partial charge in [0.05, 0.1) is 16.7 Å². The number of ketones is 1. The van der Waals surface area contributed by atoms with Crippen molar-refractivity contribution in [2.75, 3.05) is 5.75 Å². The molecule has 0 fully saturated rings. The fraction of sp³-hybridized carbons (Fsp3) is 0.238. The molecular formula is C21H21N5O2S. The van der Waals surface area contributed by atoms with Crippen LogP contribution in [0.4, 0.5) is 0 Å². The van der Waals surface area contributed by atoms with Crippen LogP contribution in [0.5, 0.6) is 0 Å². The van der Waals surface area contributed by atoms with E-state index >= 15 is 0 Å². The number of aryl methyl sites for hydroxylation is 1. The molecule has 8 heteroatoms. The van der Waals surface area contributed by atoms with Crippen molar-refractivity contribution in [3.63, 3.8) is 0 Å². The predicted octanol–water partition coefficient (Wildman–Crippen LogP) is 3.16. The molecular weight excluding hydrogens is 386 g/mol. The Morgan fingerprint density at radius 3 is 2.69 bits per heavy atom. The Kier molecular flexibility index (Phi) is 4.87. The normalized spacial score (nSPS) is 11.4. The lowest BCUT2D eigenvalue weighted by molar-refractivity contribution is 0.102. The fourth-order valence-electron chi connectivity index (χ4n) is 3.47. The molecule has 0 atom stereocenters. The number of aromatic nitrogens is 5. The fourth-order valence-corrected chi connectivity index (χ4v) is 4.29. The molecule has 0 unspecified atom stereocenters. The van der Waals surface area contributed by atoms with Gasteiger partial charge in [-0.25, -0.2) is 0 Å². The van der Waals surface area contributed by atoms with Gasteiger partial charge in [0.2, 0.25) is 5.78 Å². The van der Waals surface area contributed by atoms with E-state index in [1.807, 2.05) is 54.1 Å². The van der Waals surface area contributed by atoms with Gasteiger partial charge in [0.15, 0.2) is 10.9 Å². The summed E-state index contributed by atoms with van der Waals surface area (Å²) in [6.45, 7) is 7.99. The second-order valence-corrected chi connectivity index (χ2v) is 7.84. The van der Waals surface area contributed by atoms with Crippen LogP contribution in [0, 0.1) is 13.8 Å². The minimum atomic E-state index is -0.136. The Hall–Kier alpha value is -3.13. The average molecular weight is 407 g/mol. The summed E-state index contributed by atoms with van der Waals surface area (Å²) in [7, 11) is 1.95. The Morgan fingerprint density at radius 1 is 1.24 bits per heavy atom. The minimum absolute atomic E-state index is 0.0386. The van der Waals surface area contributed by atoms with Crippen molar-refractivity contribution in [2.24, 2.45) is 7.05 Å². The van der Waals surface area contributed by atoms with Crippen LogP contribution in [0.25, 0.3) is 16.7 Å². The summed E-state index contributed by atoms with van der Waals surface area (Å²) in [5, 5.41) is 9.64. The molecule has 0 aliphatic rings. The summed E-state index contributed by atoms with van der Waals surface area (Å²) in [4.78, 5) is 25.6. The van der Waals surface area contributed by atoms with E-state index in [1.165, 1.54) is 11.8 Å². The number of allylic oxidation sites excluding steroid dienone is 1. The first kappa shape index (κ1) is 19.2. The van der Waals surface area contributed by atoms with Gasteiger partial charge >= 0.3 is 0 Å². The molecule has 0 aliphatic carbocycles. The molecule has 3 heterocycles. The number of nitrogens with zero attached hydrogens (tertiary/aromatic N) is 5. The summed E-state index contributed by atoms with van der Waals surface area (Å²) in [6, 6.07) is 9.26. The quantitative estimate of drug-likeness (QED) is 0.279. The van der Waals surface area contributed by atoms with E-state index in [2.05, 4.69) is 16.8 Å². The van der Waals surface area contributed by atoms with Gasteiger partial charge in [-0.1, -0.05) is 30.0 Å². The lowest BCUT2D eigenvalue weighted by Gasteiger charge is -2.09. The molecule has 0 saturated carbocycles. The van der Waals surface area contributed by atoms with Gasteiger partial charge < -0.3 is 4.57 Å². The molecule has 0 saturated heterocycles. The summed E-state index contributed by atoms with van der Waals surface area (Å²) in [5.41, 5.74) is 3.30. The van der Waals surface area contributed by atoms with Crippen molar-refractivity contribution < 1.29 is 4.79 Å². The highest BCUT2D eigenvalue weighted by atomic mass is 32.2. The van der Waals surface area contributed by atoms with Crippen molar-refractivity contribution in [3.05, 3.63) is 70.3 Å². The van der Waals surface area contributed by atoms with Crippen molar-refractivity contribution >= 4 is 34.2 Å². The van der Waals surface area contributed by atoms with Crippen LogP contribution in [0.1, 0.15) is 21.7 Å². The van der Waals surface area contributed by atoms with E-state index in [9.17, 15) is 9.59 Å². The second kappa shape index (κ2) is 7.36. The van der Waals surface area contributed by atoms with Gasteiger partial charge in [-0.3, -0.25) is 18.6 Å². The highest BCUT2D eigenvalue weighted by Crippen LogP contribution is 2.23. The number of rotatable bonds is 6. The number of hydrogen-bond donors (Lipinski definition) is 0. The zero-order valence-corrected chi connectivity index (χ0v) is 17.4. The first-order valence-corrected chi connectivity index (χ1v) is 10.2. The number of Topliss-reactive ketones (excluding diaryl/α,β-unsaturated/α-hetero) is 1. The zero-order chi connectivity index (χ0) is 20.7. The maximum Gasteiger partial charge on any atom is 0.263 e. The van der Waals surface area contributed by atoms with E-state index in [0.29, 0.717) is 22.9 Å². The Balaban J connectivity index is 1.77. The topological polar surface area (TPSA) is 74.2 Å². The number of para-hydroxylation sites is 1. The third-order valence-corrected chi connectivity index (χ3v) is 6.13. The maximum atomic E-state index is 12.8. The lowest BCUT2D eigenvalue weighted by atomic mass is 10.2. The molecule has 4 aromatic rings. The maximum absolute atomic E-state index is 12.8. The Morgan fingerprint density at radius 2 is 2.00 bits per heavy atom. The molecule has 0 aliphatic heterocycles. The number of carbonyl (C=O) groups excluding carboxylic acids is 1. The Bertz CT molecular complexity index is 1330. The highest BCUT2D eigenvalue weighted by molar-refractivity contribution is 7.99. The first-order chi connectivity index (χ1) is 13.9. The monoisotopic (exact) mass is 407 g/mol. The number of thioether (sulfide) groups is 1. The molecule has 3 aromatic heterocycles. The summed E-state index contributed by atoms with van der Waals surface area (Å²) >= 11 is 1.32. The van der Waals surface area contributed by atoms with Crippen molar-refractivity contribution in [3.8, 4) is 0 Å². The van der Waals surface area contributed by atoms with Crippen LogP contribution in [0.15, 0.2) is 52.9 Å². The van der Waals surface area contributed by atoms with Crippen LogP contribution < -0.4 is 5.56 Å². The van der Waals surface area contributed by atoms with Crippen LogP contribution in [0.3, 0.4) is 0 Å². The molecule has 0 radical (unpaired) electrons. The predicted molar refractivity (Wildman–Crippen MR) is 115 cm³/mol. The largest absolute Gasteiger partial charge is 0.351 e. The number of hydrogen-bond acceptors (Lipinski definition) is 5. The Labute approximate surface area is 171 Å². The minimum Gasteiger partial charge on any atom is -0.351 e. The molecule has 0 amide bonds. The smallest absolute Gasteiger partial charge is 0.263 e. The van der Waals surface area contributed by atoms with Gasteiger partial charge in [-0.15, -0.1) is 16.8 Å². The molecule has 4 rings (SSSR count). The summed E-state index contributed by atoms with van der Waals surface area (Å²) < 4.78 is 5.38. The number of carbonyl (C=O) groups is 1. The number of benzene rings is 1. The summed E-state index contributed by atoms with van der Waals surface area (Å²) in [6.07, 6.45) is 1.65. The van der Waals surface area contributed by atoms with Crippen molar-refractivity contribution in [2.45, 2.75) is 25.5 Å². The van der Waals surface area contributed by atoms with Gasteiger partial charge in [0, 0.05) is 30.5 Å². The van der Waals surface area contributed by atoms with Crippen LogP contribution in [0.2, 0.25) is 0 Å². The highest BCUT2D eigenvalue weighted by Gasteiger charge is 2.19. The third kappa shape index (κ3) is 3.09. The second-order valence-electron chi connectivity index (χ2n) is 6.90. The van der Waals surface area contributed by atoms with E-state index in [1.54, 1.807) is 16.7 Å². The van der Waals surface area contributed by atoms with Gasteiger partial charge in [0.1, 0.15) is 0 Å². The molecule has 0 N–H and O–H groups in total. The van der Waals surface area contributed by atoms with Gasteiger partial charge in [-0.2, -0.15) is 0 Å². The van der Waals surface area contributed by atoms with Crippen molar-refractivity contribution in [1.82, 2.24) is 23.7 Å². The van der Waals surface area contributed by atoms with Crippen LogP contribution in [-0.2, 0) is 13.6 Å². The third-order valence-electron chi connectivity index (χ3n) is 5.20. The van der Waals surface area contributed by atoms with Gasteiger partial charge in [0.25, 0.3) is 5.56 Å². The standard InChI is InChI=1S/C21H21N5O2S/c1-5-10-25-19(28)15-8-6-7-9-17(15)26-20(25)22-23-21(26)29-12-18(27)16-11-13(2)24(4)14(16)3/h5-9,11H,1,10,12H2,2-4H3. The van der Waals surface area contributed by atoms with Crippen molar-refractivity contribution in [1.29, 1.82) is 0 Å². The summed E-state index contributed by atoms with van der Waals surface area (Å²) in [5.74, 6) is 0.715. The lowest BCUT2D eigenvalue weighted by Crippen LogP contribution is -2.22. The van der Waals surface area contributed by atoms with Gasteiger partial charge in [-0.05, 0) is 32.0 Å². The molecule has 7 nitrogen and oxygen atoms in total. The SMILES string of the molecule is C=CCn1c(=O)c2ccccc2n2c(SCC(=O)c3cc(C)n(C)c3C)nnc12. The number of fused-ring (bicyclic) bond motifs is 3. The average Bonchev–Trinajstić information content (AvgIpc) is 3.26. The van der Waals surface area contributed by atoms with E-state index in [0.717, 1.165) is 22.5 Å². The van der Waals surface area contributed by atoms with Crippen LogP contribution >= 0.6 is 11.8 Å². The molecule has 148 valence electrons. The van der Waals surface area contributed by atoms with Crippen LogP contribution in [-0.4, -0.2) is 35.3 Å².